The van der Waals surface area contributed by atoms with Crippen LogP contribution in [-0.2, 0) is 11.3 Å². The number of methoxy groups -OCH3 is 1. The number of nitrogens with one attached hydrogen (secondary N) is 1. The number of fused-ring (bicyclic) bond motifs is 1. The summed E-state index contributed by atoms with van der Waals surface area (Å²) in [6.07, 6.45) is 4.15. The number of nitrogens with zero attached hydrogens (tertiary/aromatic N) is 2. The summed E-state index contributed by atoms with van der Waals surface area (Å²) >= 11 is 1.25. The van der Waals surface area contributed by atoms with E-state index in [4.69, 9.17) is 4.74 Å². The van der Waals surface area contributed by atoms with Crippen molar-refractivity contribution in [1.29, 1.82) is 0 Å². The molecule has 4 rings (SSSR count). The molecular formula is C20H21N3O4S. The largest absolute Gasteiger partial charge is 0.495 e. The lowest BCUT2D eigenvalue weighted by molar-refractivity contribution is -0.122. The number of thiophene rings is 1. The Balaban J connectivity index is 1.83. The molecule has 8 heteroatoms. The fourth-order valence-corrected chi connectivity index (χ4v) is 4.58. The van der Waals surface area contributed by atoms with Crippen LogP contribution in [0, 0.1) is 0 Å². The third kappa shape index (κ3) is 3.24. The zero-order chi connectivity index (χ0) is 19.7. The average Bonchev–Trinajstić information content (AvgIpc) is 3.37. The van der Waals surface area contributed by atoms with Crippen LogP contribution in [0.3, 0.4) is 0 Å². The number of ether oxygens (including phenoxy) is 1. The Morgan fingerprint density at radius 1 is 1.21 bits per heavy atom. The Kier molecular flexibility index (Phi) is 5.04. The summed E-state index contributed by atoms with van der Waals surface area (Å²) in [6, 6.07) is 8.73. The minimum atomic E-state index is -0.554. The molecule has 0 radical (unpaired) electrons. The molecule has 3 aromatic rings. The molecule has 146 valence electrons. The molecule has 0 aliphatic heterocycles. The number of rotatable bonds is 5. The van der Waals surface area contributed by atoms with Gasteiger partial charge in [0.1, 0.15) is 17.0 Å². The predicted octanol–water partition coefficient (Wildman–Crippen LogP) is 2.28. The molecule has 1 amide bonds. The van der Waals surface area contributed by atoms with E-state index in [-0.39, 0.29) is 18.5 Å². The summed E-state index contributed by atoms with van der Waals surface area (Å²) in [7, 11) is 1.49. The minimum Gasteiger partial charge on any atom is -0.495 e. The molecule has 0 atom stereocenters. The topological polar surface area (TPSA) is 82.3 Å². The molecular weight excluding hydrogens is 378 g/mol. The van der Waals surface area contributed by atoms with Gasteiger partial charge in [-0.05, 0) is 36.4 Å². The van der Waals surface area contributed by atoms with Gasteiger partial charge in [0.05, 0.1) is 18.3 Å². The van der Waals surface area contributed by atoms with Crippen molar-refractivity contribution in [2.45, 2.75) is 38.3 Å². The van der Waals surface area contributed by atoms with Gasteiger partial charge in [-0.15, -0.1) is 11.3 Å². The van der Waals surface area contributed by atoms with E-state index in [0.29, 0.717) is 21.7 Å². The second-order valence-electron chi connectivity index (χ2n) is 6.86. The highest BCUT2D eigenvalue weighted by molar-refractivity contribution is 7.17. The minimum absolute atomic E-state index is 0.127. The van der Waals surface area contributed by atoms with Crippen LogP contribution in [-0.4, -0.2) is 28.2 Å². The first-order valence-electron chi connectivity index (χ1n) is 9.26. The fourth-order valence-electron chi connectivity index (χ4n) is 3.75. The number of carbonyl (C=O) groups is 1. The molecule has 1 fully saturated rings. The highest BCUT2D eigenvalue weighted by atomic mass is 32.1. The second-order valence-corrected chi connectivity index (χ2v) is 7.78. The Bertz CT molecular complexity index is 1140. The molecule has 0 saturated heterocycles. The van der Waals surface area contributed by atoms with Crippen molar-refractivity contribution in [2.75, 3.05) is 7.11 Å². The van der Waals surface area contributed by atoms with Gasteiger partial charge in [-0.1, -0.05) is 25.0 Å². The lowest BCUT2D eigenvalue weighted by Crippen LogP contribution is -2.43. The predicted molar refractivity (Wildman–Crippen MR) is 109 cm³/mol. The number of hydrogen-bond donors (Lipinski definition) is 1. The molecule has 1 aliphatic carbocycles. The van der Waals surface area contributed by atoms with Crippen LogP contribution < -0.4 is 21.3 Å². The first kappa shape index (κ1) is 18.5. The lowest BCUT2D eigenvalue weighted by Gasteiger charge is -2.16. The summed E-state index contributed by atoms with van der Waals surface area (Å²) < 4.78 is 8.21. The van der Waals surface area contributed by atoms with E-state index in [0.717, 1.165) is 30.3 Å². The molecule has 2 heterocycles. The zero-order valence-electron chi connectivity index (χ0n) is 15.5. The third-order valence-electron chi connectivity index (χ3n) is 5.10. The van der Waals surface area contributed by atoms with Gasteiger partial charge in [0.15, 0.2) is 0 Å². The monoisotopic (exact) mass is 399 g/mol. The molecule has 7 nitrogen and oxygen atoms in total. The van der Waals surface area contributed by atoms with Crippen LogP contribution in [0.5, 0.6) is 5.75 Å². The first-order valence-corrected chi connectivity index (χ1v) is 10.1. The van der Waals surface area contributed by atoms with E-state index in [2.05, 4.69) is 5.32 Å². The molecule has 2 aromatic heterocycles. The number of benzene rings is 1. The zero-order valence-corrected chi connectivity index (χ0v) is 16.3. The molecule has 1 N–H and O–H groups in total. The van der Waals surface area contributed by atoms with E-state index in [9.17, 15) is 14.4 Å². The molecule has 1 aromatic carbocycles. The highest BCUT2D eigenvalue weighted by Gasteiger charge is 2.21. The van der Waals surface area contributed by atoms with Crippen LogP contribution in [0.25, 0.3) is 15.9 Å². The van der Waals surface area contributed by atoms with Crippen molar-refractivity contribution < 1.29 is 9.53 Å². The summed E-state index contributed by atoms with van der Waals surface area (Å²) in [5.41, 5.74) is -0.123. The van der Waals surface area contributed by atoms with Gasteiger partial charge in [-0.3, -0.25) is 14.2 Å². The maximum absolute atomic E-state index is 13.2. The van der Waals surface area contributed by atoms with E-state index in [1.54, 1.807) is 35.7 Å². The number of amides is 1. The molecule has 1 aliphatic rings. The average molecular weight is 399 g/mol. The van der Waals surface area contributed by atoms with Crippen molar-refractivity contribution >= 4 is 27.5 Å². The standard InChI is InChI=1S/C20H21N3O4S/c1-27-16-9-5-4-8-14(16)23-19(25)18-15(10-11-28-18)22(20(23)26)12-17(24)21-13-6-2-3-7-13/h4-5,8-11,13H,2-3,6-7,12H2,1H3,(H,21,24). The third-order valence-corrected chi connectivity index (χ3v) is 5.99. The maximum atomic E-state index is 13.2. The molecule has 0 bridgehead atoms. The Labute approximate surface area is 165 Å². The molecule has 0 unspecified atom stereocenters. The van der Waals surface area contributed by atoms with Gasteiger partial charge >= 0.3 is 5.69 Å². The highest BCUT2D eigenvalue weighted by Crippen LogP contribution is 2.22. The lowest BCUT2D eigenvalue weighted by atomic mass is 10.2. The normalized spacial score (nSPS) is 14.5. The van der Waals surface area contributed by atoms with E-state index < -0.39 is 11.2 Å². The van der Waals surface area contributed by atoms with Crippen molar-refractivity contribution in [3.05, 3.63) is 56.5 Å². The number of para-hydroxylation sites is 2. The van der Waals surface area contributed by atoms with Crippen molar-refractivity contribution in [3.8, 4) is 11.4 Å². The van der Waals surface area contributed by atoms with Gasteiger partial charge in [0.25, 0.3) is 5.56 Å². The van der Waals surface area contributed by atoms with E-state index in [1.165, 1.54) is 23.0 Å². The van der Waals surface area contributed by atoms with Gasteiger partial charge < -0.3 is 10.1 Å². The Morgan fingerprint density at radius 3 is 2.71 bits per heavy atom. The number of hydrogen-bond acceptors (Lipinski definition) is 5. The van der Waals surface area contributed by atoms with Crippen LogP contribution >= 0.6 is 11.3 Å². The Hall–Kier alpha value is -2.87. The maximum Gasteiger partial charge on any atom is 0.336 e. The van der Waals surface area contributed by atoms with Crippen molar-refractivity contribution in [3.63, 3.8) is 0 Å². The van der Waals surface area contributed by atoms with Crippen LogP contribution in [0.15, 0.2) is 45.3 Å². The van der Waals surface area contributed by atoms with Crippen LogP contribution in [0.2, 0.25) is 0 Å². The number of carbonyl (C=O) groups excluding carboxylic acids is 1. The van der Waals surface area contributed by atoms with E-state index in [1.807, 2.05) is 0 Å². The summed E-state index contributed by atoms with van der Waals surface area (Å²) in [4.78, 5) is 38.8. The molecule has 1 saturated carbocycles. The van der Waals surface area contributed by atoms with Gasteiger partial charge in [-0.2, -0.15) is 0 Å². The van der Waals surface area contributed by atoms with Crippen LogP contribution in [0.4, 0.5) is 0 Å². The smallest absolute Gasteiger partial charge is 0.336 e. The fraction of sp³-hybridized carbons (Fsp3) is 0.350. The Morgan fingerprint density at radius 2 is 1.96 bits per heavy atom. The number of aromatic nitrogens is 2. The summed E-state index contributed by atoms with van der Waals surface area (Å²) in [6.45, 7) is -0.127. The van der Waals surface area contributed by atoms with Gasteiger partial charge in [0, 0.05) is 6.04 Å². The quantitative estimate of drug-likeness (QED) is 0.714. The summed E-state index contributed by atoms with van der Waals surface area (Å²) in [5, 5.41) is 4.75. The van der Waals surface area contributed by atoms with Crippen molar-refractivity contribution in [2.24, 2.45) is 0 Å². The second kappa shape index (κ2) is 7.63. The summed E-state index contributed by atoms with van der Waals surface area (Å²) in [5.74, 6) is 0.200. The molecule has 0 spiro atoms. The van der Waals surface area contributed by atoms with Crippen molar-refractivity contribution in [1.82, 2.24) is 14.5 Å². The van der Waals surface area contributed by atoms with Gasteiger partial charge in [-0.25, -0.2) is 9.36 Å². The van der Waals surface area contributed by atoms with Gasteiger partial charge in [0.2, 0.25) is 5.91 Å². The SMILES string of the molecule is COc1ccccc1-n1c(=O)c2sccc2n(CC(=O)NC2CCCC2)c1=O. The van der Waals surface area contributed by atoms with E-state index >= 15 is 0 Å². The molecule has 28 heavy (non-hydrogen) atoms. The first-order chi connectivity index (χ1) is 13.6. The van der Waals surface area contributed by atoms with Crippen LogP contribution in [0.1, 0.15) is 25.7 Å².